The van der Waals surface area contributed by atoms with E-state index in [1.165, 1.54) is 31.2 Å². The van der Waals surface area contributed by atoms with Crippen molar-refractivity contribution in [1.82, 2.24) is 15.2 Å². The maximum atomic E-state index is 12.8. The molecule has 1 aromatic heterocycles. The summed E-state index contributed by atoms with van der Waals surface area (Å²) in [4.78, 5) is 19.9. The monoisotopic (exact) mass is 421 g/mol. The zero-order valence-corrected chi connectivity index (χ0v) is 18.6. The Hall–Kier alpha value is -2.40. The molecule has 0 bridgehead atoms. The van der Waals surface area contributed by atoms with Crippen LogP contribution in [0.3, 0.4) is 0 Å². The fraction of sp³-hybridized carbons (Fsp3) is 0.538. The number of rotatable bonds is 8. The first-order valence-corrected chi connectivity index (χ1v) is 11.8. The third-order valence-corrected chi connectivity index (χ3v) is 6.94. The standard InChI is InChI=1S/C26H35N3O2/c1-31-23-11-9-21(10-12-23)19-29-16-13-22(14-17-29)26(24-8-4-5-15-27-24)28-25(30)18-20-6-2-3-7-20/h4-5,8-12,15,20,22,26H,2-3,6-7,13-14,16-19H2,1H3,(H,28,30)/t26-/m1/s1. The normalized spacial score (nSPS) is 19.3. The van der Waals surface area contributed by atoms with E-state index in [-0.39, 0.29) is 11.9 Å². The first-order valence-electron chi connectivity index (χ1n) is 11.8. The van der Waals surface area contributed by atoms with Crippen LogP contribution in [0.25, 0.3) is 0 Å². The van der Waals surface area contributed by atoms with Gasteiger partial charge in [-0.1, -0.05) is 31.0 Å². The molecular formula is C26H35N3O2. The van der Waals surface area contributed by atoms with Crippen LogP contribution in [0.1, 0.15) is 62.2 Å². The van der Waals surface area contributed by atoms with Crippen molar-refractivity contribution in [3.63, 3.8) is 0 Å². The summed E-state index contributed by atoms with van der Waals surface area (Å²) in [6.07, 6.45) is 9.59. The lowest BCUT2D eigenvalue weighted by Crippen LogP contribution is -2.41. The SMILES string of the molecule is COc1ccc(CN2CCC([C@@H](NC(=O)CC3CCCC3)c3ccccn3)CC2)cc1. The van der Waals surface area contributed by atoms with E-state index in [9.17, 15) is 4.79 Å². The topological polar surface area (TPSA) is 54.5 Å². The summed E-state index contributed by atoms with van der Waals surface area (Å²) in [5, 5.41) is 3.37. The van der Waals surface area contributed by atoms with Gasteiger partial charge in [0.2, 0.25) is 5.91 Å². The van der Waals surface area contributed by atoms with Crippen molar-refractivity contribution in [2.45, 2.75) is 57.5 Å². The molecule has 1 saturated heterocycles. The number of pyridine rings is 1. The lowest BCUT2D eigenvalue weighted by atomic mass is 9.86. The van der Waals surface area contributed by atoms with Crippen molar-refractivity contribution in [2.24, 2.45) is 11.8 Å². The number of aromatic nitrogens is 1. The number of likely N-dealkylation sites (tertiary alicyclic amines) is 1. The van der Waals surface area contributed by atoms with Gasteiger partial charge in [-0.25, -0.2) is 0 Å². The van der Waals surface area contributed by atoms with Crippen molar-refractivity contribution in [3.8, 4) is 5.75 Å². The first-order chi connectivity index (χ1) is 15.2. The average Bonchev–Trinajstić information content (AvgIpc) is 3.32. The van der Waals surface area contributed by atoms with Gasteiger partial charge in [-0.15, -0.1) is 0 Å². The molecule has 2 heterocycles. The fourth-order valence-corrected chi connectivity index (χ4v) is 5.14. The highest BCUT2D eigenvalue weighted by Gasteiger charge is 2.30. The number of amides is 1. The van der Waals surface area contributed by atoms with Gasteiger partial charge in [0.05, 0.1) is 18.8 Å². The summed E-state index contributed by atoms with van der Waals surface area (Å²) >= 11 is 0. The van der Waals surface area contributed by atoms with Gasteiger partial charge in [-0.2, -0.15) is 0 Å². The minimum Gasteiger partial charge on any atom is -0.497 e. The molecule has 1 N–H and O–H groups in total. The molecule has 0 unspecified atom stereocenters. The number of hydrogen-bond donors (Lipinski definition) is 1. The zero-order valence-electron chi connectivity index (χ0n) is 18.6. The highest BCUT2D eigenvalue weighted by atomic mass is 16.5. The molecule has 31 heavy (non-hydrogen) atoms. The molecule has 1 aromatic carbocycles. The van der Waals surface area contributed by atoms with Gasteiger partial charge in [-0.05, 0) is 80.4 Å². The van der Waals surface area contributed by atoms with E-state index >= 15 is 0 Å². The largest absolute Gasteiger partial charge is 0.497 e. The molecule has 1 amide bonds. The third-order valence-electron chi connectivity index (χ3n) is 6.94. The Balaban J connectivity index is 1.35. The lowest BCUT2D eigenvalue weighted by molar-refractivity contribution is -0.123. The maximum absolute atomic E-state index is 12.8. The van der Waals surface area contributed by atoms with Crippen molar-refractivity contribution in [1.29, 1.82) is 0 Å². The molecule has 1 atom stereocenters. The van der Waals surface area contributed by atoms with E-state index in [2.05, 4.69) is 33.4 Å². The van der Waals surface area contributed by atoms with E-state index in [0.717, 1.165) is 43.9 Å². The highest BCUT2D eigenvalue weighted by molar-refractivity contribution is 5.76. The molecular weight excluding hydrogens is 386 g/mol. The van der Waals surface area contributed by atoms with Crippen LogP contribution >= 0.6 is 0 Å². The van der Waals surface area contributed by atoms with Crippen LogP contribution in [0.15, 0.2) is 48.7 Å². The Morgan fingerprint density at radius 1 is 1.10 bits per heavy atom. The number of nitrogens with zero attached hydrogens (tertiary/aromatic N) is 2. The molecule has 2 aromatic rings. The molecule has 4 rings (SSSR count). The molecule has 1 saturated carbocycles. The number of ether oxygens (including phenoxy) is 1. The van der Waals surface area contributed by atoms with E-state index in [4.69, 9.17) is 4.74 Å². The molecule has 2 aliphatic rings. The third kappa shape index (κ3) is 6.07. The highest BCUT2D eigenvalue weighted by Crippen LogP contribution is 2.32. The number of nitrogens with one attached hydrogen (secondary N) is 1. The molecule has 1 aliphatic heterocycles. The number of hydrogen-bond acceptors (Lipinski definition) is 4. The fourth-order valence-electron chi connectivity index (χ4n) is 5.14. The van der Waals surface area contributed by atoms with Crippen LogP contribution in [-0.2, 0) is 11.3 Å². The summed E-state index contributed by atoms with van der Waals surface area (Å²) in [5.74, 6) is 2.09. The van der Waals surface area contributed by atoms with Crippen LogP contribution < -0.4 is 10.1 Å². The minimum absolute atomic E-state index is 0.0123. The van der Waals surface area contributed by atoms with Crippen molar-refractivity contribution in [2.75, 3.05) is 20.2 Å². The molecule has 2 fully saturated rings. The Kier molecular flexibility index (Phi) is 7.57. The Bertz CT molecular complexity index is 810. The summed E-state index contributed by atoms with van der Waals surface area (Å²) in [7, 11) is 1.70. The first kappa shape index (κ1) is 21.8. The van der Waals surface area contributed by atoms with Crippen molar-refractivity contribution >= 4 is 5.91 Å². The Morgan fingerprint density at radius 2 is 1.84 bits per heavy atom. The molecule has 5 heteroatoms. The number of carbonyl (C=O) groups is 1. The maximum Gasteiger partial charge on any atom is 0.220 e. The van der Waals surface area contributed by atoms with E-state index in [1.807, 2.05) is 30.5 Å². The summed E-state index contributed by atoms with van der Waals surface area (Å²) in [5.41, 5.74) is 2.31. The number of methoxy groups -OCH3 is 1. The van der Waals surface area contributed by atoms with E-state index < -0.39 is 0 Å². The molecule has 0 spiro atoms. The second-order valence-corrected chi connectivity index (χ2v) is 9.12. The second-order valence-electron chi connectivity index (χ2n) is 9.12. The second kappa shape index (κ2) is 10.8. The van der Waals surface area contributed by atoms with Gasteiger partial charge in [0, 0.05) is 19.2 Å². The number of piperidine rings is 1. The Labute approximate surface area is 186 Å². The van der Waals surface area contributed by atoms with Gasteiger partial charge in [0.1, 0.15) is 5.75 Å². The Morgan fingerprint density at radius 3 is 2.48 bits per heavy atom. The van der Waals surface area contributed by atoms with E-state index in [1.54, 1.807) is 7.11 Å². The van der Waals surface area contributed by atoms with E-state index in [0.29, 0.717) is 18.3 Å². The molecule has 1 aliphatic carbocycles. The quantitative estimate of drug-likeness (QED) is 0.669. The molecule has 5 nitrogen and oxygen atoms in total. The lowest BCUT2D eigenvalue weighted by Gasteiger charge is -2.36. The van der Waals surface area contributed by atoms with Crippen LogP contribution in [0.4, 0.5) is 0 Å². The summed E-state index contributed by atoms with van der Waals surface area (Å²) in [6, 6.07) is 14.4. The van der Waals surface area contributed by atoms with Crippen molar-refractivity contribution in [3.05, 3.63) is 59.9 Å². The van der Waals surface area contributed by atoms with Gasteiger partial charge in [0.25, 0.3) is 0 Å². The molecule has 166 valence electrons. The van der Waals surface area contributed by atoms with Gasteiger partial charge >= 0.3 is 0 Å². The van der Waals surface area contributed by atoms with Gasteiger partial charge in [-0.3, -0.25) is 14.7 Å². The van der Waals surface area contributed by atoms with Gasteiger partial charge < -0.3 is 10.1 Å². The van der Waals surface area contributed by atoms with Crippen LogP contribution in [0.2, 0.25) is 0 Å². The minimum atomic E-state index is 0.0123. The van der Waals surface area contributed by atoms with Crippen LogP contribution in [0, 0.1) is 11.8 Å². The van der Waals surface area contributed by atoms with Gasteiger partial charge in [0.15, 0.2) is 0 Å². The van der Waals surface area contributed by atoms with Crippen molar-refractivity contribution < 1.29 is 9.53 Å². The smallest absolute Gasteiger partial charge is 0.220 e. The summed E-state index contributed by atoms with van der Waals surface area (Å²) < 4.78 is 5.26. The van der Waals surface area contributed by atoms with Crippen LogP contribution in [0.5, 0.6) is 5.75 Å². The zero-order chi connectivity index (χ0) is 21.5. The molecule has 0 radical (unpaired) electrons. The predicted octanol–water partition coefficient (Wildman–Crippen LogP) is 4.74. The average molecular weight is 422 g/mol. The number of carbonyl (C=O) groups excluding carboxylic acids is 1. The summed E-state index contributed by atoms with van der Waals surface area (Å²) in [6.45, 7) is 3.04. The predicted molar refractivity (Wildman–Crippen MR) is 123 cm³/mol. The van der Waals surface area contributed by atoms with Crippen LogP contribution in [-0.4, -0.2) is 36.0 Å². The number of benzene rings is 1.